The van der Waals surface area contributed by atoms with E-state index in [0.29, 0.717) is 57.2 Å². The zero-order valence-electron chi connectivity index (χ0n) is 19.0. The summed E-state index contributed by atoms with van der Waals surface area (Å²) in [6, 6.07) is 14.2. The second-order valence-electron chi connectivity index (χ2n) is 7.83. The standard InChI is InChI=1S/C24H30N6O3/c1-16(2)27-24-29-22(28-23(30-24)26-11-13-32-15-14-31-12-10-25)19-8-5-7-18-17-6-3-4-9-20(17)33-21(18)19/h3-9,16H,10-15,25H2,1-2H3,(H2,26,27,28,29,30). The Balaban J connectivity index is 1.55. The molecule has 4 rings (SSSR count). The Morgan fingerprint density at radius 2 is 1.64 bits per heavy atom. The zero-order valence-corrected chi connectivity index (χ0v) is 19.0. The molecule has 0 radical (unpaired) electrons. The van der Waals surface area contributed by atoms with Crippen LogP contribution in [0.4, 0.5) is 11.9 Å². The summed E-state index contributed by atoms with van der Waals surface area (Å²) in [5.41, 5.74) is 7.80. The first-order valence-corrected chi connectivity index (χ1v) is 11.2. The highest BCUT2D eigenvalue weighted by Crippen LogP contribution is 2.34. The fraction of sp³-hybridized carbons (Fsp3) is 0.375. The van der Waals surface area contributed by atoms with Gasteiger partial charge in [-0.1, -0.05) is 30.3 Å². The van der Waals surface area contributed by atoms with Crippen molar-refractivity contribution in [1.29, 1.82) is 0 Å². The average molecular weight is 451 g/mol. The fourth-order valence-corrected chi connectivity index (χ4v) is 3.46. The molecule has 0 unspecified atom stereocenters. The number of furan rings is 1. The van der Waals surface area contributed by atoms with Crippen LogP contribution in [0.1, 0.15) is 13.8 Å². The van der Waals surface area contributed by atoms with E-state index in [9.17, 15) is 0 Å². The molecule has 0 amide bonds. The van der Waals surface area contributed by atoms with Gasteiger partial charge in [-0.25, -0.2) is 0 Å². The number of aromatic nitrogens is 3. The SMILES string of the molecule is CC(C)Nc1nc(NCCOCCOCCN)nc(-c2cccc3c2oc2ccccc23)n1. The van der Waals surface area contributed by atoms with Crippen molar-refractivity contribution in [2.75, 3.05) is 50.2 Å². The third-order valence-electron chi connectivity index (χ3n) is 4.86. The first-order chi connectivity index (χ1) is 16.2. The Morgan fingerprint density at radius 1 is 0.879 bits per heavy atom. The smallest absolute Gasteiger partial charge is 0.228 e. The van der Waals surface area contributed by atoms with E-state index < -0.39 is 0 Å². The van der Waals surface area contributed by atoms with Gasteiger partial charge >= 0.3 is 0 Å². The van der Waals surface area contributed by atoms with Crippen LogP contribution in [0.25, 0.3) is 33.3 Å². The second-order valence-corrected chi connectivity index (χ2v) is 7.83. The third kappa shape index (κ3) is 5.75. The number of rotatable bonds is 12. The summed E-state index contributed by atoms with van der Waals surface area (Å²) in [5.74, 6) is 1.51. The lowest BCUT2D eigenvalue weighted by Crippen LogP contribution is -2.18. The molecule has 0 saturated heterocycles. The van der Waals surface area contributed by atoms with Crippen molar-refractivity contribution >= 4 is 33.8 Å². The summed E-state index contributed by atoms with van der Waals surface area (Å²) in [6.45, 7) is 7.22. The maximum Gasteiger partial charge on any atom is 0.228 e. The summed E-state index contributed by atoms with van der Waals surface area (Å²) in [6.07, 6.45) is 0. The predicted octanol–water partition coefficient (Wildman–Crippen LogP) is 3.66. The summed E-state index contributed by atoms with van der Waals surface area (Å²) >= 11 is 0. The molecule has 0 saturated carbocycles. The number of benzene rings is 2. The summed E-state index contributed by atoms with van der Waals surface area (Å²) in [7, 11) is 0. The van der Waals surface area contributed by atoms with E-state index in [4.69, 9.17) is 19.6 Å². The van der Waals surface area contributed by atoms with Gasteiger partial charge in [0.15, 0.2) is 5.82 Å². The molecule has 4 N–H and O–H groups in total. The highest BCUT2D eigenvalue weighted by Gasteiger charge is 2.16. The first kappa shape index (κ1) is 22.9. The molecule has 174 valence electrons. The monoisotopic (exact) mass is 450 g/mol. The Bertz CT molecular complexity index is 1190. The number of hydrogen-bond acceptors (Lipinski definition) is 9. The van der Waals surface area contributed by atoms with Crippen LogP contribution in [-0.4, -0.2) is 60.5 Å². The molecule has 2 aromatic carbocycles. The van der Waals surface area contributed by atoms with Gasteiger partial charge in [-0.3, -0.25) is 0 Å². The van der Waals surface area contributed by atoms with Crippen molar-refractivity contribution in [3.63, 3.8) is 0 Å². The van der Waals surface area contributed by atoms with Gasteiger partial charge in [0.05, 0.1) is 32.0 Å². The molecule has 0 bridgehead atoms. The highest BCUT2D eigenvalue weighted by molar-refractivity contribution is 6.09. The van der Waals surface area contributed by atoms with E-state index in [1.54, 1.807) is 0 Å². The minimum atomic E-state index is 0.173. The normalized spacial score (nSPS) is 11.5. The van der Waals surface area contributed by atoms with Gasteiger partial charge in [-0.2, -0.15) is 15.0 Å². The summed E-state index contributed by atoms with van der Waals surface area (Å²) in [5, 5.41) is 8.59. The van der Waals surface area contributed by atoms with E-state index in [0.717, 1.165) is 27.5 Å². The van der Waals surface area contributed by atoms with Crippen LogP contribution in [-0.2, 0) is 9.47 Å². The average Bonchev–Trinajstić information content (AvgIpc) is 3.19. The van der Waals surface area contributed by atoms with Crippen LogP contribution in [0, 0.1) is 0 Å². The fourth-order valence-electron chi connectivity index (χ4n) is 3.46. The molecule has 0 atom stereocenters. The van der Waals surface area contributed by atoms with E-state index in [1.165, 1.54) is 0 Å². The molecule has 0 aliphatic rings. The number of nitrogens with one attached hydrogen (secondary N) is 2. The molecule has 0 aliphatic heterocycles. The molecular formula is C24H30N6O3. The molecule has 33 heavy (non-hydrogen) atoms. The van der Waals surface area contributed by atoms with Crippen LogP contribution in [0.3, 0.4) is 0 Å². The van der Waals surface area contributed by atoms with Crippen molar-refractivity contribution < 1.29 is 13.9 Å². The molecule has 0 spiro atoms. The van der Waals surface area contributed by atoms with Crippen LogP contribution in [0.5, 0.6) is 0 Å². The number of hydrogen-bond donors (Lipinski definition) is 3. The number of para-hydroxylation sites is 2. The molecular weight excluding hydrogens is 420 g/mol. The largest absolute Gasteiger partial charge is 0.455 e. The maximum atomic E-state index is 6.17. The van der Waals surface area contributed by atoms with Gasteiger partial charge in [0.25, 0.3) is 0 Å². The first-order valence-electron chi connectivity index (χ1n) is 11.2. The zero-order chi connectivity index (χ0) is 23.0. The van der Waals surface area contributed by atoms with E-state index in [1.807, 2.05) is 50.2 Å². The topological polar surface area (TPSA) is 120 Å². The quantitative estimate of drug-likeness (QED) is 0.278. The van der Waals surface area contributed by atoms with Crippen LogP contribution < -0.4 is 16.4 Å². The lowest BCUT2D eigenvalue weighted by atomic mass is 10.1. The van der Waals surface area contributed by atoms with Gasteiger partial charge in [0.1, 0.15) is 11.2 Å². The lowest BCUT2D eigenvalue weighted by molar-refractivity contribution is 0.0547. The van der Waals surface area contributed by atoms with Crippen molar-refractivity contribution in [3.05, 3.63) is 42.5 Å². The van der Waals surface area contributed by atoms with Crippen LogP contribution in [0.2, 0.25) is 0 Å². The van der Waals surface area contributed by atoms with E-state index >= 15 is 0 Å². The van der Waals surface area contributed by atoms with E-state index in [-0.39, 0.29) is 6.04 Å². The molecule has 4 aromatic rings. The van der Waals surface area contributed by atoms with Crippen molar-refractivity contribution in [2.24, 2.45) is 5.73 Å². The van der Waals surface area contributed by atoms with Crippen LogP contribution >= 0.6 is 0 Å². The van der Waals surface area contributed by atoms with Gasteiger partial charge in [-0.15, -0.1) is 0 Å². The number of fused-ring (bicyclic) bond motifs is 3. The number of ether oxygens (including phenoxy) is 2. The number of nitrogens with two attached hydrogens (primary N) is 1. The minimum absolute atomic E-state index is 0.173. The summed E-state index contributed by atoms with van der Waals surface area (Å²) in [4.78, 5) is 13.8. The minimum Gasteiger partial charge on any atom is -0.455 e. The van der Waals surface area contributed by atoms with Crippen molar-refractivity contribution in [1.82, 2.24) is 15.0 Å². The Morgan fingerprint density at radius 3 is 2.45 bits per heavy atom. The van der Waals surface area contributed by atoms with Gasteiger partial charge < -0.3 is 30.3 Å². The molecule has 0 fully saturated rings. The molecule has 9 nitrogen and oxygen atoms in total. The number of anilines is 2. The molecule has 2 aromatic heterocycles. The van der Waals surface area contributed by atoms with Gasteiger partial charge in [0.2, 0.25) is 11.9 Å². The molecule has 0 aliphatic carbocycles. The Hall–Kier alpha value is -3.27. The highest BCUT2D eigenvalue weighted by atomic mass is 16.5. The number of nitrogens with zero attached hydrogens (tertiary/aromatic N) is 3. The second kappa shape index (κ2) is 11.0. The third-order valence-corrected chi connectivity index (χ3v) is 4.86. The van der Waals surface area contributed by atoms with Gasteiger partial charge in [-0.05, 0) is 26.0 Å². The van der Waals surface area contributed by atoms with Crippen molar-refractivity contribution in [2.45, 2.75) is 19.9 Å². The molecule has 2 heterocycles. The summed E-state index contributed by atoms with van der Waals surface area (Å²) < 4.78 is 17.0. The predicted molar refractivity (Wildman–Crippen MR) is 130 cm³/mol. The maximum absolute atomic E-state index is 6.17. The Labute approximate surface area is 192 Å². The lowest BCUT2D eigenvalue weighted by Gasteiger charge is -2.12. The van der Waals surface area contributed by atoms with E-state index in [2.05, 4.69) is 31.7 Å². The molecule has 9 heteroatoms. The Kier molecular flexibility index (Phi) is 7.66. The van der Waals surface area contributed by atoms with Crippen molar-refractivity contribution in [3.8, 4) is 11.4 Å². The van der Waals surface area contributed by atoms with Crippen LogP contribution in [0.15, 0.2) is 46.9 Å². The van der Waals surface area contributed by atoms with Gasteiger partial charge in [0, 0.05) is 29.9 Å².